The molecule has 0 aromatic heterocycles. The number of amides is 1. The number of benzene rings is 2. The van der Waals surface area contributed by atoms with Crippen molar-refractivity contribution in [2.75, 3.05) is 38.4 Å². The van der Waals surface area contributed by atoms with Crippen LogP contribution in [0.1, 0.15) is 0 Å². The summed E-state index contributed by atoms with van der Waals surface area (Å²) in [5.74, 6) is -0.0728. The Morgan fingerprint density at radius 3 is 2.36 bits per heavy atom. The number of rotatable bonds is 7. The molecule has 134 valence electrons. The Bertz CT molecular complexity index is 836. The van der Waals surface area contributed by atoms with Gasteiger partial charge in [-0.15, -0.1) is 0 Å². The fraction of sp³-hybridized carbons (Fsp3) is 0.235. The molecular formula is C17H21N3O4S. The van der Waals surface area contributed by atoms with Crippen molar-refractivity contribution >= 4 is 27.3 Å². The molecule has 2 aromatic rings. The molecule has 0 spiro atoms. The number of sulfonamides is 1. The average molecular weight is 363 g/mol. The number of nitrogens with one attached hydrogen (secondary N) is 2. The van der Waals surface area contributed by atoms with E-state index in [-0.39, 0.29) is 23.1 Å². The number of hydrogen-bond donors (Lipinski definition) is 2. The second kappa shape index (κ2) is 8.00. The highest BCUT2D eigenvalue weighted by Gasteiger charge is 2.22. The lowest BCUT2D eigenvalue weighted by Gasteiger charge is -2.16. The summed E-state index contributed by atoms with van der Waals surface area (Å²) in [6.45, 7) is 0.0613. The van der Waals surface area contributed by atoms with Gasteiger partial charge in [-0.05, 0) is 30.3 Å². The first-order valence-electron chi connectivity index (χ1n) is 7.54. The summed E-state index contributed by atoms with van der Waals surface area (Å²) >= 11 is 0. The van der Waals surface area contributed by atoms with Crippen LogP contribution >= 0.6 is 0 Å². The lowest BCUT2D eigenvalue weighted by atomic mass is 10.3. The van der Waals surface area contributed by atoms with Crippen LogP contribution in [0.5, 0.6) is 5.75 Å². The summed E-state index contributed by atoms with van der Waals surface area (Å²) in [6.07, 6.45) is 0. The average Bonchev–Trinajstić information content (AvgIpc) is 2.60. The summed E-state index contributed by atoms with van der Waals surface area (Å²) in [5, 5.41) is 5.66. The van der Waals surface area contributed by atoms with Crippen molar-refractivity contribution in [3.63, 3.8) is 0 Å². The van der Waals surface area contributed by atoms with Gasteiger partial charge in [0.2, 0.25) is 15.9 Å². The van der Waals surface area contributed by atoms with E-state index in [0.29, 0.717) is 5.69 Å². The van der Waals surface area contributed by atoms with Crippen molar-refractivity contribution in [1.82, 2.24) is 4.31 Å². The largest absolute Gasteiger partial charge is 0.495 e. The van der Waals surface area contributed by atoms with Crippen molar-refractivity contribution < 1.29 is 17.9 Å². The summed E-state index contributed by atoms with van der Waals surface area (Å²) in [5.41, 5.74) is 1.20. The molecule has 0 saturated carbocycles. The second-order valence-corrected chi connectivity index (χ2v) is 7.54. The van der Waals surface area contributed by atoms with E-state index in [1.165, 1.54) is 33.3 Å². The SMILES string of the molecule is COc1ccc(NC(=O)CNc2ccccc2)cc1S(=O)(=O)N(C)C. The van der Waals surface area contributed by atoms with Crippen LogP contribution in [0.15, 0.2) is 53.4 Å². The Kier molecular flexibility index (Phi) is 6.00. The van der Waals surface area contributed by atoms with E-state index in [9.17, 15) is 13.2 Å². The quantitative estimate of drug-likeness (QED) is 0.786. The van der Waals surface area contributed by atoms with E-state index in [1.807, 2.05) is 30.3 Å². The molecule has 2 aromatic carbocycles. The molecule has 2 N–H and O–H groups in total. The van der Waals surface area contributed by atoms with E-state index in [1.54, 1.807) is 6.07 Å². The van der Waals surface area contributed by atoms with Gasteiger partial charge in [0.05, 0.1) is 13.7 Å². The Labute approximate surface area is 147 Å². The molecule has 0 radical (unpaired) electrons. The number of methoxy groups -OCH3 is 1. The van der Waals surface area contributed by atoms with Crippen LogP contribution in [0, 0.1) is 0 Å². The van der Waals surface area contributed by atoms with Crippen LogP contribution in [-0.2, 0) is 14.8 Å². The third-order valence-corrected chi connectivity index (χ3v) is 5.27. The number of para-hydroxylation sites is 1. The predicted octanol–water partition coefficient (Wildman–Crippen LogP) is 2.00. The van der Waals surface area contributed by atoms with Crippen LogP contribution < -0.4 is 15.4 Å². The molecule has 0 atom stereocenters. The standard InChI is InChI=1S/C17H21N3O4S/c1-20(2)25(22,23)16-11-14(9-10-15(16)24-3)19-17(21)12-18-13-7-5-4-6-8-13/h4-11,18H,12H2,1-3H3,(H,19,21). The van der Waals surface area contributed by atoms with Gasteiger partial charge < -0.3 is 15.4 Å². The Morgan fingerprint density at radius 1 is 1.08 bits per heavy atom. The van der Waals surface area contributed by atoms with Crippen LogP contribution in [0.3, 0.4) is 0 Å². The summed E-state index contributed by atoms with van der Waals surface area (Å²) in [6, 6.07) is 13.8. The molecule has 8 heteroatoms. The maximum atomic E-state index is 12.4. The summed E-state index contributed by atoms with van der Waals surface area (Å²) < 4.78 is 31.0. The van der Waals surface area contributed by atoms with Gasteiger partial charge in [0, 0.05) is 25.5 Å². The predicted molar refractivity (Wildman–Crippen MR) is 97.4 cm³/mol. The van der Waals surface area contributed by atoms with E-state index in [0.717, 1.165) is 9.99 Å². The fourth-order valence-corrected chi connectivity index (χ4v) is 3.17. The number of carbonyl (C=O) groups excluding carboxylic acids is 1. The topological polar surface area (TPSA) is 87.7 Å². The second-order valence-electron chi connectivity index (χ2n) is 5.42. The maximum Gasteiger partial charge on any atom is 0.246 e. The van der Waals surface area contributed by atoms with E-state index in [4.69, 9.17) is 4.74 Å². The number of ether oxygens (including phenoxy) is 1. The maximum absolute atomic E-state index is 12.4. The molecule has 25 heavy (non-hydrogen) atoms. The fourth-order valence-electron chi connectivity index (χ4n) is 2.10. The highest BCUT2D eigenvalue weighted by atomic mass is 32.2. The Balaban J connectivity index is 2.13. The number of anilines is 2. The monoisotopic (exact) mass is 363 g/mol. The summed E-state index contributed by atoms with van der Waals surface area (Å²) in [7, 11) is 0.572. The Morgan fingerprint density at radius 2 is 1.76 bits per heavy atom. The molecule has 0 fully saturated rings. The molecule has 0 aliphatic rings. The van der Waals surface area contributed by atoms with Crippen molar-refractivity contribution in [3.8, 4) is 5.75 Å². The minimum absolute atomic E-state index is 0.00572. The molecular weight excluding hydrogens is 342 g/mol. The van der Waals surface area contributed by atoms with Crippen LogP contribution in [-0.4, -0.2) is 46.4 Å². The molecule has 0 aliphatic carbocycles. The van der Waals surface area contributed by atoms with Gasteiger partial charge in [-0.2, -0.15) is 0 Å². The van der Waals surface area contributed by atoms with Gasteiger partial charge in [-0.3, -0.25) is 4.79 Å². The molecule has 0 saturated heterocycles. The zero-order valence-electron chi connectivity index (χ0n) is 14.3. The zero-order chi connectivity index (χ0) is 18.4. The molecule has 7 nitrogen and oxygen atoms in total. The van der Waals surface area contributed by atoms with Gasteiger partial charge >= 0.3 is 0 Å². The molecule has 0 heterocycles. The third kappa shape index (κ3) is 4.71. The molecule has 1 amide bonds. The Hall–Kier alpha value is -2.58. The lowest BCUT2D eigenvalue weighted by molar-refractivity contribution is -0.114. The number of carbonyl (C=O) groups is 1. The molecule has 0 aliphatic heterocycles. The van der Waals surface area contributed by atoms with Crippen LogP contribution in [0.4, 0.5) is 11.4 Å². The van der Waals surface area contributed by atoms with Gasteiger partial charge in [0.15, 0.2) is 0 Å². The third-order valence-electron chi connectivity index (χ3n) is 3.43. The zero-order valence-corrected chi connectivity index (χ0v) is 15.1. The molecule has 2 rings (SSSR count). The van der Waals surface area contributed by atoms with E-state index >= 15 is 0 Å². The van der Waals surface area contributed by atoms with Crippen LogP contribution in [0.2, 0.25) is 0 Å². The van der Waals surface area contributed by atoms with E-state index < -0.39 is 10.0 Å². The highest BCUT2D eigenvalue weighted by molar-refractivity contribution is 7.89. The van der Waals surface area contributed by atoms with Gasteiger partial charge in [0.25, 0.3) is 0 Å². The highest BCUT2D eigenvalue weighted by Crippen LogP contribution is 2.28. The molecule has 0 bridgehead atoms. The van der Waals surface area contributed by atoms with Crippen molar-refractivity contribution in [2.45, 2.75) is 4.90 Å². The van der Waals surface area contributed by atoms with Crippen molar-refractivity contribution in [2.24, 2.45) is 0 Å². The lowest BCUT2D eigenvalue weighted by Crippen LogP contribution is -2.24. The van der Waals surface area contributed by atoms with Gasteiger partial charge in [-0.25, -0.2) is 12.7 Å². The first-order chi connectivity index (χ1) is 11.8. The van der Waals surface area contributed by atoms with Crippen molar-refractivity contribution in [1.29, 1.82) is 0 Å². The smallest absolute Gasteiger partial charge is 0.246 e. The number of hydrogen-bond acceptors (Lipinski definition) is 5. The minimum atomic E-state index is -3.69. The number of nitrogens with zero attached hydrogens (tertiary/aromatic N) is 1. The van der Waals surface area contributed by atoms with Gasteiger partial charge in [-0.1, -0.05) is 18.2 Å². The summed E-state index contributed by atoms with van der Waals surface area (Å²) in [4.78, 5) is 12.1. The van der Waals surface area contributed by atoms with Gasteiger partial charge in [0.1, 0.15) is 10.6 Å². The normalized spacial score (nSPS) is 11.2. The van der Waals surface area contributed by atoms with Crippen molar-refractivity contribution in [3.05, 3.63) is 48.5 Å². The minimum Gasteiger partial charge on any atom is -0.495 e. The molecule has 0 unspecified atom stereocenters. The van der Waals surface area contributed by atoms with E-state index in [2.05, 4.69) is 10.6 Å². The first-order valence-corrected chi connectivity index (χ1v) is 8.98. The first kappa shape index (κ1) is 18.8. The van der Waals surface area contributed by atoms with Crippen LogP contribution in [0.25, 0.3) is 0 Å².